The van der Waals surface area contributed by atoms with Gasteiger partial charge < -0.3 is 19.5 Å². The largest absolute Gasteiger partial charge is 0.493 e. The zero-order valence-corrected chi connectivity index (χ0v) is 20.3. The van der Waals surface area contributed by atoms with Gasteiger partial charge in [0.1, 0.15) is 18.9 Å². The minimum atomic E-state index is -4.13. The first-order valence-corrected chi connectivity index (χ1v) is 12.1. The molecule has 3 rings (SSSR count). The van der Waals surface area contributed by atoms with E-state index in [2.05, 4.69) is 5.32 Å². The number of halogens is 1. The number of ether oxygens (including phenoxy) is 3. The summed E-state index contributed by atoms with van der Waals surface area (Å²) >= 11 is 5.97. The van der Waals surface area contributed by atoms with Gasteiger partial charge in [-0.15, -0.1) is 0 Å². The maximum atomic E-state index is 13.5. The van der Waals surface area contributed by atoms with Crippen LogP contribution in [-0.2, 0) is 14.8 Å². The number of carbonyl (C=O) groups excluding carboxylic acids is 1. The van der Waals surface area contributed by atoms with Gasteiger partial charge in [-0.25, -0.2) is 8.42 Å². The minimum Gasteiger partial charge on any atom is -0.493 e. The molecule has 10 heteroatoms. The molecule has 0 aliphatic rings. The summed E-state index contributed by atoms with van der Waals surface area (Å²) < 4.78 is 44.1. The molecule has 0 spiro atoms. The van der Waals surface area contributed by atoms with Crippen molar-refractivity contribution in [1.82, 2.24) is 5.32 Å². The van der Waals surface area contributed by atoms with Crippen molar-refractivity contribution in [3.8, 4) is 17.2 Å². The zero-order valence-electron chi connectivity index (χ0n) is 18.7. The molecule has 0 fully saturated rings. The predicted octanol–water partition coefficient (Wildman–Crippen LogP) is 3.75. The summed E-state index contributed by atoms with van der Waals surface area (Å²) in [7, 11) is -1.26. The number of hydrogen-bond acceptors (Lipinski definition) is 6. The lowest BCUT2D eigenvalue weighted by atomic mass is 10.3. The lowest BCUT2D eigenvalue weighted by molar-refractivity contribution is -0.119. The van der Waals surface area contributed by atoms with Crippen LogP contribution in [0.1, 0.15) is 0 Å². The molecule has 0 saturated heterocycles. The Bertz CT molecular complexity index is 1200. The van der Waals surface area contributed by atoms with Crippen LogP contribution >= 0.6 is 11.6 Å². The molecule has 34 heavy (non-hydrogen) atoms. The molecule has 0 saturated carbocycles. The number of nitrogens with zero attached hydrogens (tertiary/aromatic N) is 1. The quantitative estimate of drug-likeness (QED) is 0.400. The molecule has 180 valence electrons. The Balaban J connectivity index is 1.78. The van der Waals surface area contributed by atoms with Crippen molar-refractivity contribution in [2.24, 2.45) is 0 Å². The fraction of sp³-hybridized carbons (Fsp3) is 0.208. The third-order valence-corrected chi connectivity index (χ3v) is 6.80. The van der Waals surface area contributed by atoms with E-state index in [9.17, 15) is 13.2 Å². The molecule has 0 atom stereocenters. The molecule has 1 amide bonds. The summed E-state index contributed by atoms with van der Waals surface area (Å²) in [6, 6.07) is 19.6. The van der Waals surface area contributed by atoms with Crippen molar-refractivity contribution in [3.63, 3.8) is 0 Å². The lowest BCUT2D eigenvalue weighted by Gasteiger charge is -2.24. The normalized spacial score (nSPS) is 10.9. The van der Waals surface area contributed by atoms with Gasteiger partial charge in [-0.3, -0.25) is 9.10 Å². The molecule has 1 N–H and O–H groups in total. The molecule has 0 aliphatic carbocycles. The number of benzene rings is 3. The van der Waals surface area contributed by atoms with Gasteiger partial charge in [0.2, 0.25) is 5.91 Å². The van der Waals surface area contributed by atoms with Crippen LogP contribution in [0.2, 0.25) is 5.02 Å². The SMILES string of the molecule is COc1ccc(S(=O)(=O)N(CC(=O)NCCOc2ccccc2)c2ccc(Cl)cc2)cc1OC. The van der Waals surface area contributed by atoms with Crippen molar-refractivity contribution < 1.29 is 27.4 Å². The number of hydrogen-bond donors (Lipinski definition) is 1. The summed E-state index contributed by atoms with van der Waals surface area (Å²) in [6.45, 7) is 0.00136. The van der Waals surface area contributed by atoms with Gasteiger partial charge in [-0.2, -0.15) is 0 Å². The van der Waals surface area contributed by atoms with Gasteiger partial charge in [0.05, 0.1) is 31.3 Å². The van der Waals surface area contributed by atoms with Crippen LogP contribution < -0.4 is 23.8 Å². The van der Waals surface area contributed by atoms with Gasteiger partial charge >= 0.3 is 0 Å². The molecule has 3 aromatic carbocycles. The van der Waals surface area contributed by atoms with E-state index in [0.717, 1.165) is 4.31 Å². The highest BCUT2D eigenvalue weighted by Gasteiger charge is 2.28. The number of sulfonamides is 1. The maximum Gasteiger partial charge on any atom is 0.264 e. The molecule has 0 unspecified atom stereocenters. The van der Waals surface area contributed by atoms with E-state index in [0.29, 0.717) is 16.5 Å². The van der Waals surface area contributed by atoms with Crippen LogP contribution in [0.3, 0.4) is 0 Å². The first-order valence-electron chi connectivity index (χ1n) is 10.3. The number of anilines is 1. The van der Waals surface area contributed by atoms with E-state index in [1.54, 1.807) is 24.3 Å². The number of methoxy groups -OCH3 is 2. The number of amides is 1. The van der Waals surface area contributed by atoms with E-state index in [1.165, 1.54) is 44.6 Å². The smallest absolute Gasteiger partial charge is 0.264 e. The highest BCUT2D eigenvalue weighted by molar-refractivity contribution is 7.92. The van der Waals surface area contributed by atoms with Crippen LogP contribution in [0.25, 0.3) is 0 Å². The summed E-state index contributed by atoms with van der Waals surface area (Å²) in [6.07, 6.45) is 0. The van der Waals surface area contributed by atoms with Crippen LogP contribution in [0, 0.1) is 0 Å². The number of rotatable bonds is 11. The Labute approximate surface area is 204 Å². The standard InChI is InChI=1S/C24H25ClN2O6S/c1-31-22-13-12-21(16-23(22)32-2)34(29,30)27(19-10-8-18(25)9-11-19)17-24(28)26-14-15-33-20-6-4-3-5-7-20/h3-13,16H,14-15,17H2,1-2H3,(H,26,28). The topological polar surface area (TPSA) is 94.2 Å². The van der Waals surface area contributed by atoms with E-state index in [-0.39, 0.29) is 29.5 Å². The Kier molecular flexibility index (Phi) is 8.61. The lowest BCUT2D eigenvalue weighted by Crippen LogP contribution is -2.41. The second kappa shape index (κ2) is 11.6. The van der Waals surface area contributed by atoms with Crippen LogP contribution in [-0.4, -0.2) is 48.2 Å². The third-order valence-electron chi connectivity index (χ3n) is 4.78. The molecular weight excluding hydrogens is 480 g/mol. The monoisotopic (exact) mass is 504 g/mol. The summed E-state index contributed by atoms with van der Waals surface area (Å²) in [5.74, 6) is 0.823. The second-order valence-corrected chi connectivity index (χ2v) is 9.32. The molecule has 0 heterocycles. The molecule has 0 bridgehead atoms. The zero-order chi connectivity index (χ0) is 24.6. The average molecular weight is 505 g/mol. The third kappa shape index (κ3) is 6.33. The van der Waals surface area contributed by atoms with E-state index >= 15 is 0 Å². The summed E-state index contributed by atoms with van der Waals surface area (Å²) in [5, 5.41) is 3.13. The molecule has 0 aromatic heterocycles. The molecule has 0 aliphatic heterocycles. The van der Waals surface area contributed by atoms with Crippen LogP contribution in [0.15, 0.2) is 77.7 Å². The van der Waals surface area contributed by atoms with E-state index in [4.69, 9.17) is 25.8 Å². The van der Waals surface area contributed by atoms with Gasteiger partial charge in [0.15, 0.2) is 11.5 Å². The van der Waals surface area contributed by atoms with Gasteiger partial charge in [0.25, 0.3) is 10.0 Å². The van der Waals surface area contributed by atoms with Crippen molar-refractivity contribution in [1.29, 1.82) is 0 Å². The summed E-state index contributed by atoms with van der Waals surface area (Å²) in [5.41, 5.74) is 0.287. The predicted molar refractivity (Wildman–Crippen MR) is 130 cm³/mol. The van der Waals surface area contributed by atoms with Gasteiger partial charge in [-0.05, 0) is 48.5 Å². The van der Waals surface area contributed by atoms with Crippen molar-refractivity contribution in [2.75, 3.05) is 38.2 Å². The fourth-order valence-electron chi connectivity index (χ4n) is 3.09. The molecular formula is C24H25ClN2O6S. The molecule has 8 nitrogen and oxygen atoms in total. The van der Waals surface area contributed by atoms with E-state index in [1.807, 2.05) is 18.2 Å². The summed E-state index contributed by atoms with van der Waals surface area (Å²) in [4.78, 5) is 12.6. The van der Waals surface area contributed by atoms with Gasteiger partial charge in [-0.1, -0.05) is 29.8 Å². The van der Waals surface area contributed by atoms with Crippen molar-refractivity contribution in [3.05, 3.63) is 77.8 Å². The maximum absolute atomic E-state index is 13.5. The Morgan fingerprint density at radius 2 is 1.62 bits per heavy atom. The fourth-order valence-corrected chi connectivity index (χ4v) is 4.65. The highest BCUT2D eigenvalue weighted by Crippen LogP contribution is 2.32. The molecule has 0 radical (unpaired) electrons. The number of nitrogens with one attached hydrogen (secondary N) is 1. The van der Waals surface area contributed by atoms with E-state index < -0.39 is 22.5 Å². The molecule has 3 aromatic rings. The number of carbonyl (C=O) groups is 1. The Hall–Kier alpha value is -3.43. The van der Waals surface area contributed by atoms with Crippen LogP contribution in [0.4, 0.5) is 5.69 Å². The van der Waals surface area contributed by atoms with Crippen molar-refractivity contribution in [2.45, 2.75) is 4.90 Å². The van der Waals surface area contributed by atoms with Gasteiger partial charge in [0, 0.05) is 11.1 Å². The highest BCUT2D eigenvalue weighted by atomic mass is 35.5. The first-order chi connectivity index (χ1) is 16.3. The van der Waals surface area contributed by atoms with Crippen LogP contribution in [0.5, 0.6) is 17.2 Å². The first kappa shape index (κ1) is 25.2. The number of para-hydroxylation sites is 1. The Morgan fingerprint density at radius 3 is 2.26 bits per heavy atom. The minimum absolute atomic E-state index is 0.0553. The average Bonchev–Trinajstić information content (AvgIpc) is 2.86. The van der Waals surface area contributed by atoms with Crippen molar-refractivity contribution >= 4 is 33.2 Å². The second-order valence-electron chi connectivity index (χ2n) is 7.02. The Morgan fingerprint density at radius 1 is 0.941 bits per heavy atom.